The third-order valence-electron chi connectivity index (χ3n) is 4.17. The lowest BCUT2D eigenvalue weighted by atomic mass is 9.86. The highest BCUT2D eigenvalue weighted by Gasteiger charge is 2.31. The van der Waals surface area contributed by atoms with Gasteiger partial charge in [-0.3, -0.25) is 0 Å². The fourth-order valence-electron chi connectivity index (χ4n) is 2.80. The van der Waals surface area contributed by atoms with E-state index in [1.165, 1.54) is 6.26 Å². The Morgan fingerprint density at radius 1 is 1.33 bits per heavy atom. The van der Waals surface area contributed by atoms with Crippen LogP contribution in [0.25, 0.3) is 0 Å². The molecule has 0 bridgehead atoms. The fourth-order valence-corrected chi connectivity index (χ4v) is 3.49. The Balaban J connectivity index is 1.89. The first-order chi connectivity index (χ1) is 9.78. The molecule has 118 valence electrons. The lowest BCUT2D eigenvalue weighted by molar-refractivity contribution is -0.856. The molecular formula is C15H23NO4S. The molecule has 2 N–H and O–H groups in total. The summed E-state index contributed by atoms with van der Waals surface area (Å²) in [6.07, 6.45) is 4.49. The Kier molecular flexibility index (Phi) is 5.03. The van der Waals surface area contributed by atoms with E-state index in [0.717, 1.165) is 18.4 Å². The summed E-state index contributed by atoms with van der Waals surface area (Å²) in [5, 5.41) is 21.8. The number of hydrogen-bond acceptors (Lipinski definition) is 4. The van der Waals surface area contributed by atoms with Crippen LogP contribution in [0.3, 0.4) is 0 Å². The van der Waals surface area contributed by atoms with Crippen LogP contribution in [-0.4, -0.2) is 38.5 Å². The van der Waals surface area contributed by atoms with Gasteiger partial charge in [-0.1, -0.05) is 12.1 Å². The molecule has 0 amide bonds. The maximum atomic E-state index is 11.5. The van der Waals surface area contributed by atoms with Crippen molar-refractivity contribution in [3.63, 3.8) is 0 Å². The molecular weight excluding hydrogens is 290 g/mol. The van der Waals surface area contributed by atoms with Gasteiger partial charge in [0.1, 0.15) is 0 Å². The van der Waals surface area contributed by atoms with Crippen molar-refractivity contribution in [3.05, 3.63) is 35.0 Å². The molecule has 0 spiro atoms. The van der Waals surface area contributed by atoms with Gasteiger partial charge in [-0.2, -0.15) is 0 Å². The molecule has 0 aliphatic carbocycles. The molecule has 6 heteroatoms. The summed E-state index contributed by atoms with van der Waals surface area (Å²) >= 11 is 0. The van der Waals surface area contributed by atoms with Gasteiger partial charge in [0.25, 0.3) is 0 Å². The van der Waals surface area contributed by atoms with Crippen molar-refractivity contribution in [2.75, 3.05) is 19.3 Å². The van der Waals surface area contributed by atoms with Crippen molar-refractivity contribution in [1.82, 2.24) is 0 Å². The van der Waals surface area contributed by atoms with Crippen molar-refractivity contribution in [2.45, 2.75) is 42.6 Å². The lowest BCUT2D eigenvalue weighted by Crippen LogP contribution is -3.09. The minimum absolute atomic E-state index is 0.237. The van der Waals surface area contributed by atoms with Crippen LogP contribution in [0.2, 0.25) is 0 Å². The predicted octanol–water partition coefficient (Wildman–Crippen LogP) is 0.320. The maximum Gasteiger partial charge on any atom is 0.175 e. The second-order valence-electron chi connectivity index (χ2n) is 6.04. The SMILES string of the molecule is CS(=O)(=O)c1cccc(CCCC2(O)CC[NH+]([O-])CC2)c1. The number of sulfone groups is 1. The van der Waals surface area contributed by atoms with E-state index in [1.807, 2.05) is 6.07 Å². The highest BCUT2D eigenvalue weighted by atomic mass is 32.2. The Bertz CT molecular complexity index is 577. The second-order valence-corrected chi connectivity index (χ2v) is 8.05. The van der Waals surface area contributed by atoms with E-state index in [0.29, 0.717) is 37.2 Å². The highest BCUT2D eigenvalue weighted by Crippen LogP contribution is 2.24. The minimum atomic E-state index is -3.18. The summed E-state index contributed by atoms with van der Waals surface area (Å²) in [6.45, 7) is 0.945. The summed E-state index contributed by atoms with van der Waals surface area (Å²) in [6, 6.07) is 6.95. The standard InChI is InChI=1S/C15H23NO4S/c1-21(19,20)14-6-2-4-13(12-14)5-3-7-15(17)8-10-16(18)11-9-15/h2,4,6,12,16-17H,3,5,7-11H2,1H3. The normalized spacial score (nSPS) is 26.7. The van der Waals surface area contributed by atoms with Crippen molar-refractivity contribution < 1.29 is 18.6 Å². The summed E-state index contributed by atoms with van der Waals surface area (Å²) in [5.74, 6) is 0. The smallest absolute Gasteiger partial charge is 0.175 e. The molecule has 0 atom stereocenters. The average Bonchev–Trinajstić information content (AvgIpc) is 2.42. The maximum absolute atomic E-state index is 11.5. The van der Waals surface area contributed by atoms with Crippen LogP contribution in [0.15, 0.2) is 29.2 Å². The van der Waals surface area contributed by atoms with Crippen molar-refractivity contribution >= 4 is 9.84 Å². The van der Waals surface area contributed by atoms with Gasteiger partial charge < -0.3 is 15.4 Å². The van der Waals surface area contributed by atoms with Crippen LogP contribution in [0.4, 0.5) is 0 Å². The third kappa shape index (κ3) is 4.78. The molecule has 1 aliphatic heterocycles. The first-order valence-electron chi connectivity index (χ1n) is 7.32. The molecule has 1 heterocycles. The monoisotopic (exact) mass is 313 g/mol. The largest absolute Gasteiger partial charge is 0.634 e. The van der Waals surface area contributed by atoms with Crippen molar-refractivity contribution in [1.29, 1.82) is 0 Å². The summed E-state index contributed by atoms with van der Waals surface area (Å²) in [4.78, 5) is 0.335. The Morgan fingerprint density at radius 3 is 2.62 bits per heavy atom. The van der Waals surface area contributed by atoms with E-state index in [1.54, 1.807) is 18.2 Å². The first-order valence-corrected chi connectivity index (χ1v) is 9.21. The third-order valence-corrected chi connectivity index (χ3v) is 5.28. The molecule has 5 nitrogen and oxygen atoms in total. The molecule has 21 heavy (non-hydrogen) atoms. The Labute approximate surface area is 126 Å². The second kappa shape index (κ2) is 6.44. The molecule has 1 aromatic carbocycles. The molecule has 0 radical (unpaired) electrons. The highest BCUT2D eigenvalue weighted by molar-refractivity contribution is 7.90. The van der Waals surface area contributed by atoms with Gasteiger partial charge in [-0.25, -0.2) is 8.42 Å². The van der Waals surface area contributed by atoms with Gasteiger partial charge in [0.05, 0.1) is 23.6 Å². The molecule has 1 saturated heterocycles. The Hall–Kier alpha value is -0.950. The van der Waals surface area contributed by atoms with E-state index in [2.05, 4.69) is 0 Å². The number of aryl methyl sites for hydroxylation is 1. The van der Waals surface area contributed by atoms with Crippen LogP contribution in [-0.2, 0) is 16.3 Å². The van der Waals surface area contributed by atoms with E-state index in [9.17, 15) is 18.7 Å². The van der Waals surface area contributed by atoms with Gasteiger partial charge in [0.15, 0.2) is 9.84 Å². The number of quaternary nitrogens is 1. The summed E-state index contributed by atoms with van der Waals surface area (Å²) in [7, 11) is -3.18. The van der Waals surface area contributed by atoms with Crippen molar-refractivity contribution in [2.24, 2.45) is 0 Å². The number of hydrogen-bond donors (Lipinski definition) is 2. The van der Waals surface area contributed by atoms with Gasteiger partial charge in [-0.05, 0) is 37.0 Å². The Morgan fingerprint density at radius 2 is 2.00 bits per heavy atom. The fraction of sp³-hybridized carbons (Fsp3) is 0.600. The van der Waals surface area contributed by atoms with E-state index < -0.39 is 15.4 Å². The van der Waals surface area contributed by atoms with Crippen LogP contribution in [0.5, 0.6) is 0 Å². The molecule has 0 saturated carbocycles. The van der Waals surface area contributed by atoms with E-state index in [-0.39, 0.29) is 5.06 Å². The molecule has 1 aliphatic rings. The van der Waals surface area contributed by atoms with Gasteiger partial charge in [0.2, 0.25) is 0 Å². The zero-order valence-corrected chi connectivity index (χ0v) is 13.2. The molecule has 1 fully saturated rings. The average molecular weight is 313 g/mol. The minimum Gasteiger partial charge on any atom is -0.634 e. The predicted molar refractivity (Wildman–Crippen MR) is 80.7 cm³/mol. The number of nitrogens with one attached hydrogen (secondary N) is 1. The van der Waals surface area contributed by atoms with Gasteiger partial charge in [-0.15, -0.1) is 0 Å². The molecule has 0 aromatic heterocycles. The summed E-state index contributed by atoms with van der Waals surface area (Å²) in [5.41, 5.74) is 0.246. The van der Waals surface area contributed by atoms with E-state index >= 15 is 0 Å². The zero-order valence-electron chi connectivity index (χ0n) is 12.3. The molecule has 2 rings (SSSR count). The lowest BCUT2D eigenvalue weighted by Gasteiger charge is -2.37. The topological polar surface area (TPSA) is 81.9 Å². The van der Waals surface area contributed by atoms with Crippen LogP contribution < -0.4 is 5.06 Å². The molecule has 1 aromatic rings. The number of rotatable bonds is 5. The van der Waals surface area contributed by atoms with Crippen LogP contribution >= 0.6 is 0 Å². The number of hydroxylamine groups is 2. The van der Waals surface area contributed by atoms with Crippen LogP contribution in [0.1, 0.15) is 31.2 Å². The molecule has 0 unspecified atom stereocenters. The summed E-state index contributed by atoms with van der Waals surface area (Å²) < 4.78 is 23.0. The zero-order chi connectivity index (χ0) is 15.5. The van der Waals surface area contributed by atoms with Crippen molar-refractivity contribution in [3.8, 4) is 0 Å². The van der Waals surface area contributed by atoms with Gasteiger partial charge >= 0.3 is 0 Å². The number of aliphatic hydroxyl groups is 1. The van der Waals surface area contributed by atoms with Crippen LogP contribution in [0, 0.1) is 5.21 Å². The van der Waals surface area contributed by atoms with E-state index in [4.69, 9.17) is 0 Å². The van der Waals surface area contributed by atoms with Gasteiger partial charge in [0, 0.05) is 19.1 Å². The number of piperidine rings is 1. The number of benzene rings is 1. The first kappa shape index (κ1) is 16.4. The quantitative estimate of drug-likeness (QED) is 0.767.